The minimum Gasteiger partial charge on any atom is -0.359 e. The molecule has 2 heterocycles. The molecule has 1 aliphatic carbocycles. The third-order valence-corrected chi connectivity index (χ3v) is 4.06. The zero-order chi connectivity index (χ0) is 14.3. The van der Waals surface area contributed by atoms with Crippen molar-refractivity contribution in [3.05, 3.63) is 35.4 Å². The summed E-state index contributed by atoms with van der Waals surface area (Å²) >= 11 is 0. The second-order valence-electron chi connectivity index (χ2n) is 5.46. The Balaban J connectivity index is 1.98. The van der Waals surface area contributed by atoms with Crippen LogP contribution in [-0.4, -0.2) is 26.6 Å². The van der Waals surface area contributed by atoms with Crippen molar-refractivity contribution >= 4 is 11.8 Å². The molecule has 0 unspecified atom stereocenters. The smallest absolute Gasteiger partial charge is 0.225 e. The van der Waals surface area contributed by atoms with E-state index in [1.54, 1.807) is 22.2 Å². The van der Waals surface area contributed by atoms with Gasteiger partial charge < -0.3 is 4.98 Å². The van der Waals surface area contributed by atoms with Crippen LogP contribution in [0.2, 0.25) is 0 Å². The molecule has 1 aromatic heterocycles. The van der Waals surface area contributed by atoms with E-state index in [9.17, 15) is 9.59 Å². The first kappa shape index (κ1) is 13.0. The summed E-state index contributed by atoms with van der Waals surface area (Å²) in [6, 6.07) is 2.11. The quantitative estimate of drug-likeness (QED) is 0.851. The van der Waals surface area contributed by atoms with Crippen LogP contribution in [0.15, 0.2) is 18.5 Å². The van der Waals surface area contributed by atoms with E-state index < -0.39 is 0 Å². The number of nitrogens with one attached hydrogen (secondary N) is 1. The van der Waals surface area contributed by atoms with Gasteiger partial charge >= 0.3 is 0 Å². The van der Waals surface area contributed by atoms with Crippen LogP contribution in [-0.2, 0) is 22.4 Å². The lowest BCUT2D eigenvalue weighted by Crippen LogP contribution is -2.35. The molecule has 3 rings (SSSR count). The molecule has 2 aliphatic rings. The van der Waals surface area contributed by atoms with Crippen molar-refractivity contribution in [1.29, 1.82) is 0 Å². The van der Waals surface area contributed by atoms with E-state index in [-0.39, 0.29) is 18.0 Å². The lowest BCUT2D eigenvalue weighted by Gasteiger charge is -2.28. The summed E-state index contributed by atoms with van der Waals surface area (Å²) in [5.74, 6) is -0.134. The normalized spacial score (nSPS) is 18.5. The highest BCUT2D eigenvalue weighted by Crippen LogP contribution is 2.33. The number of nitrogens with zero attached hydrogens (tertiary/aromatic N) is 2. The average molecular weight is 273 g/mol. The van der Waals surface area contributed by atoms with Gasteiger partial charge in [-0.05, 0) is 37.3 Å². The predicted molar refractivity (Wildman–Crippen MR) is 74.4 cm³/mol. The van der Waals surface area contributed by atoms with Crippen LogP contribution in [0.25, 0.3) is 0 Å². The van der Waals surface area contributed by atoms with Gasteiger partial charge in [-0.3, -0.25) is 19.4 Å². The number of aromatic amines is 1. The Morgan fingerprint density at radius 1 is 1.10 bits per heavy atom. The third-order valence-electron chi connectivity index (χ3n) is 4.06. The van der Waals surface area contributed by atoms with Crippen LogP contribution in [0.3, 0.4) is 0 Å². The Kier molecular flexibility index (Phi) is 3.12. The highest BCUT2D eigenvalue weighted by Gasteiger charge is 2.34. The van der Waals surface area contributed by atoms with Gasteiger partial charge in [0.05, 0.1) is 5.69 Å². The van der Waals surface area contributed by atoms with Crippen molar-refractivity contribution in [3.63, 3.8) is 0 Å². The first-order chi connectivity index (χ1) is 9.58. The molecule has 106 valence electrons. The fourth-order valence-electron chi connectivity index (χ4n) is 3.06. The van der Waals surface area contributed by atoms with E-state index in [4.69, 9.17) is 0 Å². The Labute approximate surface area is 118 Å². The zero-order valence-corrected chi connectivity index (χ0v) is 11.8. The molecule has 2 amide bonds. The summed E-state index contributed by atoms with van der Waals surface area (Å²) in [6.45, 7) is 3.04. The fourth-order valence-corrected chi connectivity index (χ4v) is 3.06. The molecular formula is C15H19N3O2. The number of aromatic nitrogens is 1. The summed E-state index contributed by atoms with van der Waals surface area (Å²) in [5.41, 5.74) is 3.50. The first-order valence-corrected chi connectivity index (χ1v) is 7.04. The molecule has 0 spiro atoms. The van der Waals surface area contributed by atoms with Gasteiger partial charge in [-0.2, -0.15) is 0 Å². The Bertz CT molecular complexity index is 540. The summed E-state index contributed by atoms with van der Waals surface area (Å²) in [7, 11) is 0. The lowest BCUT2D eigenvalue weighted by atomic mass is 9.98. The van der Waals surface area contributed by atoms with Crippen molar-refractivity contribution in [1.82, 2.24) is 14.8 Å². The summed E-state index contributed by atoms with van der Waals surface area (Å²) in [4.78, 5) is 30.1. The minimum absolute atomic E-state index is 0.0671. The molecule has 0 saturated carbocycles. The highest BCUT2D eigenvalue weighted by atomic mass is 16.2. The van der Waals surface area contributed by atoms with Crippen molar-refractivity contribution in [2.24, 2.45) is 0 Å². The SMILES string of the molecule is CC(=O)N1C=CN(C(C)=O)C1c1cc2c([nH]1)CCCC2. The monoisotopic (exact) mass is 273 g/mol. The Morgan fingerprint density at radius 2 is 1.70 bits per heavy atom. The molecule has 5 nitrogen and oxygen atoms in total. The maximum Gasteiger partial charge on any atom is 0.225 e. The number of fused-ring (bicyclic) bond motifs is 1. The Morgan fingerprint density at radius 3 is 2.25 bits per heavy atom. The molecule has 0 saturated heterocycles. The van der Waals surface area contributed by atoms with Crippen molar-refractivity contribution < 1.29 is 9.59 Å². The van der Waals surface area contributed by atoms with Gasteiger partial charge in [-0.1, -0.05) is 0 Å². The number of carbonyl (C=O) groups excluding carboxylic acids is 2. The number of rotatable bonds is 1. The van der Waals surface area contributed by atoms with E-state index in [0.29, 0.717) is 0 Å². The van der Waals surface area contributed by atoms with Crippen LogP contribution in [0.1, 0.15) is 49.8 Å². The number of H-pyrrole nitrogens is 1. The maximum atomic E-state index is 11.8. The van der Waals surface area contributed by atoms with E-state index in [1.165, 1.54) is 37.9 Å². The molecule has 0 aromatic carbocycles. The van der Waals surface area contributed by atoms with E-state index in [2.05, 4.69) is 11.1 Å². The highest BCUT2D eigenvalue weighted by molar-refractivity contribution is 5.80. The van der Waals surface area contributed by atoms with Crippen LogP contribution < -0.4 is 0 Å². The number of carbonyl (C=O) groups is 2. The predicted octanol–water partition coefficient (Wildman–Crippen LogP) is 2.07. The molecular weight excluding hydrogens is 254 g/mol. The minimum atomic E-state index is -0.365. The fraction of sp³-hybridized carbons (Fsp3) is 0.467. The molecule has 0 bridgehead atoms. The number of hydrogen-bond donors (Lipinski definition) is 1. The van der Waals surface area contributed by atoms with Crippen molar-refractivity contribution in [3.8, 4) is 0 Å². The van der Waals surface area contributed by atoms with E-state index >= 15 is 0 Å². The molecule has 1 N–H and O–H groups in total. The average Bonchev–Trinajstić information content (AvgIpc) is 3.01. The zero-order valence-electron chi connectivity index (χ0n) is 11.8. The number of aryl methyl sites for hydroxylation is 2. The summed E-state index contributed by atoms with van der Waals surface area (Å²) < 4.78 is 0. The molecule has 0 atom stereocenters. The standard InChI is InChI=1S/C15H19N3O2/c1-10(19)17-7-8-18(11(2)20)15(17)14-9-12-5-3-4-6-13(12)16-14/h7-9,15-16H,3-6H2,1-2H3. The Hall–Kier alpha value is -2.04. The molecule has 5 heteroatoms. The molecule has 0 radical (unpaired) electrons. The van der Waals surface area contributed by atoms with Crippen LogP contribution >= 0.6 is 0 Å². The summed E-state index contributed by atoms with van der Waals surface area (Å²) in [6.07, 6.45) is 7.52. The lowest BCUT2D eigenvalue weighted by molar-refractivity contribution is -0.135. The van der Waals surface area contributed by atoms with Gasteiger partial charge in [0.1, 0.15) is 0 Å². The number of amides is 2. The van der Waals surface area contributed by atoms with Crippen molar-refractivity contribution in [2.75, 3.05) is 0 Å². The van der Waals surface area contributed by atoms with Gasteiger partial charge in [0.25, 0.3) is 0 Å². The number of hydrogen-bond acceptors (Lipinski definition) is 2. The van der Waals surface area contributed by atoms with Crippen molar-refractivity contribution in [2.45, 2.75) is 45.7 Å². The molecule has 0 fully saturated rings. The van der Waals surface area contributed by atoms with Gasteiger partial charge in [0.15, 0.2) is 6.17 Å². The third kappa shape index (κ3) is 2.03. The molecule has 1 aliphatic heterocycles. The van der Waals surface area contributed by atoms with Crippen LogP contribution in [0.4, 0.5) is 0 Å². The molecule has 20 heavy (non-hydrogen) atoms. The van der Waals surface area contributed by atoms with Gasteiger partial charge in [-0.15, -0.1) is 0 Å². The second-order valence-corrected chi connectivity index (χ2v) is 5.46. The van der Waals surface area contributed by atoms with Crippen LogP contribution in [0, 0.1) is 0 Å². The summed E-state index contributed by atoms with van der Waals surface area (Å²) in [5, 5.41) is 0. The largest absolute Gasteiger partial charge is 0.359 e. The maximum absolute atomic E-state index is 11.8. The topological polar surface area (TPSA) is 56.4 Å². The second kappa shape index (κ2) is 4.81. The van der Waals surface area contributed by atoms with E-state index in [0.717, 1.165) is 18.5 Å². The van der Waals surface area contributed by atoms with Gasteiger partial charge in [-0.25, -0.2) is 0 Å². The molecule has 1 aromatic rings. The first-order valence-electron chi connectivity index (χ1n) is 7.04. The van der Waals surface area contributed by atoms with Gasteiger partial charge in [0.2, 0.25) is 11.8 Å². The van der Waals surface area contributed by atoms with E-state index in [1.807, 2.05) is 0 Å². The van der Waals surface area contributed by atoms with Gasteiger partial charge in [0, 0.05) is 31.9 Å². The van der Waals surface area contributed by atoms with Crippen LogP contribution in [0.5, 0.6) is 0 Å².